The van der Waals surface area contributed by atoms with Crippen molar-refractivity contribution in [1.29, 1.82) is 0 Å². The highest BCUT2D eigenvalue weighted by molar-refractivity contribution is 5.93. The van der Waals surface area contributed by atoms with Crippen molar-refractivity contribution >= 4 is 16.9 Å². The molecule has 1 aromatic carbocycles. The third-order valence-electron chi connectivity index (χ3n) is 4.55. The van der Waals surface area contributed by atoms with Gasteiger partial charge in [0.05, 0.1) is 6.61 Å². The highest BCUT2D eigenvalue weighted by atomic mass is 16.5. The van der Waals surface area contributed by atoms with E-state index in [1.54, 1.807) is 0 Å². The number of rotatable bonds is 5. The molecule has 0 radical (unpaired) electrons. The predicted molar refractivity (Wildman–Crippen MR) is 91.2 cm³/mol. The van der Waals surface area contributed by atoms with E-state index in [9.17, 15) is 14.7 Å². The molecule has 2 aromatic rings. The van der Waals surface area contributed by atoms with Gasteiger partial charge in [0.15, 0.2) is 5.43 Å². The van der Waals surface area contributed by atoms with Crippen LogP contribution >= 0.6 is 0 Å². The molecule has 24 heavy (non-hydrogen) atoms. The average Bonchev–Trinajstić information content (AvgIpc) is 2.57. The summed E-state index contributed by atoms with van der Waals surface area (Å²) >= 11 is 0. The average molecular weight is 330 g/mol. The van der Waals surface area contributed by atoms with E-state index in [-0.39, 0.29) is 11.2 Å². The zero-order chi connectivity index (χ0) is 17.3. The van der Waals surface area contributed by atoms with Gasteiger partial charge in [-0.05, 0) is 55.7 Å². The van der Waals surface area contributed by atoms with Gasteiger partial charge >= 0.3 is 5.97 Å². The summed E-state index contributed by atoms with van der Waals surface area (Å²) in [6.45, 7) is 4.40. The third kappa shape index (κ3) is 2.68. The van der Waals surface area contributed by atoms with Crippen LogP contribution in [-0.4, -0.2) is 17.7 Å². The molecular weight excluding hydrogens is 308 g/mol. The van der Waals surface area contributed by atoms with Crippen molar-refractivity contribution in [3.05, 3.63) is 38.7 Å². The molecule has 0 saturated heterocycles. The fraction of sp³-hybridized carbons (Fsp3) is 0.474. The number of benzene rings is 1. The Balaban J connectivity index is 2.46. The van der Waals surface area contributed by atoms with Crippen molar-refractivity contribution in [3.63, 3.8) is 0 Å². The molecule has 3 rings (SSSR count). The van der Waals surface area contributed by atoms with E-state index in [0.29, 0.717) is 23.3 Å². The van der Waals surface area contributed by atoms with Crippen LogP contribution in [0, 0.1) is 0 Å². The first-order chi connectivity index (χ1) is 11.6. The second-order valence-corrected chi connectivity index (χ2v) is 6.14. The molecule has 1 aliphatic rings. The Morgan fingerprint density at radius 2 is 1.96 bits per heavy atom. The van der Waals surface area contributed by atoms with E-state index in [1.807, 2.05) is 6.92 Å². The molecule has 1 heterocycles. The minimum Gasteiger partial charge on any atom is -0.493 e. The van der Waals surface area contributed by atoms with E-state index in [0.717, 1.165) is 55.7 Å². The van der Waals surface area contributed by atoms with Gasteiger partial charge in [-0.15, -0.1) is 0 Å². The number of carboxylic acids is 1. The van der Waals surface area contributed by atoms with Gasteiger partial charge in [0.25, 0.3) is 0 Å². The molecule has 0 unspecified atom stereocenters. The normalized spacial score (nSPS) is 13.8. The molecule has 5 heteroatoms. The van der Waals surface area contributed by atoms with Crippen LogP contribution in [0.2, 0.25) is 0 Å². The van der Waals surface area contributed by atoms with Crippen molar-refractivity contribution in [2.24, 2.45) is 0 Å². The van der Waals surface area contributed by atoms with Crippen LogP contribution in [0.4, 0.5) is 0 Å². The van der Waals surface area contributed by atoms with Crippen molar-refractivity contribution < 1.29 is 19.1 Å². The number of ether oxygens (including phenoxy) is 1. The Morgan fingerprint density at radius 1 is 1.25 bits per heavy atom. The molecule has 128 valence electrons. The van der Waals surface area contributed by atoms with Crippen molar-refractivity contribution in [3.8, 4) is 5.75 Å². The molecule has 0 atom stereocenters. The van der Waals surface area contributed by atoms with Crippen LogP contribution in [0.5, 0.6) is 5.75 Å². The van der Waals surface area contributed by atoms with Gasteiger partial charge in [-0.25, -0.2) is 4.79 Å². The largest absolute Gasteiger partial charge is 0.493 e. The first-order valence-corrected chi connectivity index (χ1v) is 8.59. The van der Waals surface area contributed by atoms with E-state index in [2.05, 4.69) is 6.92 Å². The van der Waals surface area contributed by atoms with E-state index < -0.39 is 5.97 Å². The minimum atomic E-state index is -1.23. The van der Waals surface area contributed by atoms with Crippen molar-refractivity contribution in [2.75, 3.05) is 6.61 Å². The summed E-state index contributed by atoms with van der Waals surface area (Å²) in [4.78, 5) is 23.9. The Bertz CT molecular complexity index is 847. The SMILES string of the molecule is CCCc1c2c(c(OCC)c3c(=O)cc(C(=O)O)oc13)CCCC2. The van der Waals surface area contributed by atoms with Gasteiger partial charge in [0, 0.05) is 6.07 Å². The Morgan fingerprint density at radius 3 is 2.58 bits per heavy atom. The topological polar surface area (TPSA) is 76.7 Å². The van der Waals surface area contributed by atoms with E-state index in [4.69, 9.17) is 9.15 Å². The molecule has 0 amide bonds. The molecule has 0 bridgehead atoms. The smallest absolute Gasteiger partial charge is 0.371 e. The quantitative estimate of drug-likeness (QED) is 0.904. The molecule has 0 spiro atoms. The molecule has 5 nitrogen and oxygen atoms in total. The van der Waals surface area contributed by atoms with Gasteiger partial charge in [-0.2, -0.15) is 0 Å². The fourth-order valence-electron chi connectivity index (χ4n) is 3.62. The summed E-state index contributed by atoms with van der Waals surface area (Å²) in [5.41, 5.74) is 3.32. The summed E-state index contributed by atoms with van der Waals surface area (Å²) in [6, 6.07) is 1.05. The number of aryl methyl sites for hydroxylation is 1. The zero-order valence-electron chi connectivity index (χ0n) is 14.1. The lowest BCUT2D eigenvalue weighted by atomic mass is 9.84. The number of aromatic carboxylic acids is 1. The number of carbonyl (C=O) groups is 1. The molecule has 0 aliphatic heterocycles. The van der Waals surface area contributed by atoms with Crippen LogP contribution in [0.1, 0.15) is 60.4 Å². The molecular formula is C19H22O5. The second kappa shape index (κ2) is 6.67. The summed E-state index contributed by atoms with van der Waals surface area (Å²) in [7, 11) is 0. The first kappa shape index (κ1) is 16.6. The number of hydrogen-bond acceptors (Lipinski definition) is 4. The fourth-order valence-corrected chi connectivity index (χ4v) is 3.62. The predicted octanol–water partition coefficient (Wildman–Crippen LogP) is 3.72. The molecule has 0 fully saturated rings. The van der Waals surface area contributed by atoms with Crippen LogP contribution in [0.3, 0.4) is 0 Å². The van der Waals surface area contributed by atoms with Crippen LogP contribution in [0.15, 0.2) is 15.3 Å². The summed E-state index contributed by atoms with van der Waals surface area (Å²) in [5.74, 6) is -0.956. The lowest BCUT2D eigenvalue weighted by Gasteiger charge is -2.24. The Hall–Kier alpha value is -2.30. The Labute approximate surface area is 140 Å². The lowest BCUT2D eigenvalue weighted by Crippen LogP contribution is -2.15. The van der Waals surface area contributed by atoms with Crippen LogP contribution < -0.4 is 10.2 Å². The van der Waals surface area contributed by atoms with Gasteiger partial charge in [0.2, 0.25) is 5.76 Å². The monoisotopic (exact) mass is 330 g/mol. The maximum Gasteiger partial charge on any atom is 0.371 e. The third-order valence-corrected chi connectivity index (χ3v) is 4.55. The minimum absolute atomic E-state index is 0.317. The van der Waals surface area contributed by atoms with Gasteiger partial charge in [-0.1, -0.05) is 13.3 Å². The Kier molecular flexibility index (Phi) is 4.60. The van der Waals surface area contributed by atoms with Crippen LogP contribution in [0.25, 0.3) is 11.0 Å². The molecule has 1 N–H and O–H groups in total. The molecule has 1 aliphatic carbocycles. The van der Waals surface area contributed by atoms with Gasteiger partial charge in [0.1, 0.15) is 16.7 Å². The standard InChI is InChI=1S/C19H22O5/c1-3-7-12-11-8-5-6-9-13(11)17(23-4-2)16-14(20)10-15(19(21)22)24-18(12)16/h10H,3-9H2,1-2H3,(H,21,22). The summed E-state index contributed by atoms with van der Waals surface area (Å²) in [5, 5.41) is 9.63. The molecule has 1 aromatic heterocycles. The highest BCUT2D eigenvalue weighted by Crippen LogP contribution is 2.39. The van der Waals surface area contributed by atoms with Crippen molar-refractivity contribution in [1.82, 2.24) is 0 Å². The van der Waals surface area contributed by atoms with Gasteiger partial charge < -0.3 is 14.3 Å². The lowest BCUT2D eigenvalue weighted by molar-refractivity contribution is 0.0663. The maximum atomic E-state index is 12.6. The molecule has 0 saturated carbocycles. The van der Waals surface area contributed by atoms with Gasteiger partial charge in [-0.3, -0.25) is 4.79 Å². The van der Waals surface area contributed by atoms with Crippen molar-refractivity contribution in [2.45, 2.75) is 52.4 Å². The first-order valence-electron chi connectivity index (χ1n) is 8.59. The number of carboxylic acid groups (broad SMARTS) is 1. The number of hydrogen-bond donors (Lipinski definition) is 1. The maximum absolute atomic E-state index is 12.6. The second-order valence-electron chi connectivity index (χ2n) is 6.14. The summed E-state index contributed by atoms with van der Waals surface area (Å²) < 4.78 is 11.5. The van der Waals surface area contributed by atoms with E-state index in [1.165, 1.54) is 5.56 Å². The highest BCUT2D eigenvalue weighted by Gasteiger charge is 2.26. The zero-order valence-corrected chi connectivity index (χ0v) is 14.1. The number of fused-ring (bicyclic) bond motifs is 2. The summed E-state index contributed by atoms with van der Waals surface area (Å²) in [6.07, 6.45) is 5.62. The van der Waals surface area contributed by atoms with Crippen LogP contribution in [-0.2, 0) is 19.3 Å². The van der Waals surface area contributed by atoms with E-state index >= 15 is 0 Å².